The predicted octanol–water partition coefficient (Wildman–Crippen LogP) is 0.473. The molecule has 0 unspecified atom stereocenters. The van der Waals surface area contributed by atoms with Gasteiger partial charge in [0.25, 0.3) is 0 Å². The number of nitrogens with one attached hydrogen (secondary N) is 1. The second kappa shape index (κ2) is 6.42. The Hall–Kier alpha value is -1.17. The second-order valence-corrected chi connectivity index (χ2v) is 3.51. The molecule has 1 aromatic rings. The molecule has 90 valence electrons. The monoisotopic (exact) mass is 229 g/mol. The summed E-state index contributed by atoms with van der Waals surface area (Å²) >= 11 is 0. The maximum atomic E-state index is 12.9. The molecular formula is C11H16FNO3. The van der Waals surface area contributed by atoms with Gasteiger partial charge in [0.15, 0.2) is 0 Å². The molecule has 0 heterocycles. The lowest BCUT2D eigenvalue weighted by molar-refractivity contribution is 0.0911. The Morgan fingerprint density at radius 1 is 1.31 bits per heavy atom. The van der Waals surface area contributed by atoms with E-state index in [1.807, 2.05) is 0 Å². The van der Waals surface area contributed by atoms with Crippen LogP contribution in [0.3, 0.4) is 0 Å². The fourth-order valence-electron chi connectivity index (χ4n) is 1.32. The Bertz CT molecular complexity index is 333. The van der Waals surface area contributed by atoms with Crippen molar-refractivity contribution in [3.63, 3.8) is 0 Å². The third-order valence-electron chi connectivity index (χ3n) is 2.25. The van der Waals surface area contributed by atoms with Gasteiger partial charge in [-0.25, -0.2) is 4.39 Å². The summed E-state index contributed by atoms with van der Waals surface area (Å²) in [5.74, 6) is -0.387. The van der Waals surface area contributed by atoms with E-state index in [4.69, 9.17) is 15.3 Å². The van der Waals surface area contributed by atoms with Crippen molar-refractivity contribution in [3.8, 4) is 0 Å². The number of anilines is 1. The normalized spacial score (nSPS) is 12.5. The lowest BCUT2D eigenvalue weighted by Gasteiger charge is -2.12. The van der Waals surface area contributed by atoms with Gasteiger partial charge in [0.05, 0.1) is 19.3 Å². The van der Waals surface area contributed by atoms with Crippen LogP contribution < -0.4 is 5.32 Å². The van der Waals surface area contributed by atoms with Gasteiger partial charge in [-0.15, -0.1) is 0 Å². The van der Waals surface area contributed by atoms with Crippen LogP contribution in [0.4, 0.5) is 10.1 Å². The molecule has 16 heavy (non-hydrogen) atoms. The number of benzene rings is 1. The first-order valence-electron chi connectivity index (χ1n) is 5.09. The number of hydrogen-bond donors (Lipinski definition) is 4. The maximum Gasteiger partial charge on any atom is 0.125 e. The van der Waals surface area contributed by atoms with Gasteiger partial charge in [-0.3, -0.25) is 0 Å². The van der Waals surface area contributed by atoms with E-state index in [1.165, 1.54) is 18.2 Å². The van der Waals surface area contributed by atoms with Gasteiger partial charge in [0, 0.05) is 17.8 Å². The average molecular weight is 229 g/mol. The van der Waals surface area contributed by atoms with E-state index in [9.17, 15) is 4.39 Å². The molecule has 0 radical (unpaired) electrons. The van der Waals surface area contributed by atoms with Crippen LogP contribution >= 0.6 is 0 Å². The van der Waals surface area contributed by atoms with Crippen molar-refractivity contribution >= 4 is 5.69 Å². The van der Waals surface area contributed by atoms with Crippen molar-refractivity contribution in [2.24, 2.45) is 0 Å². The standard InChI is InChI=1S/C11H16FNO3/c12-9-2-1-8(6-14)11(5-9)13-4-3-10(16)7-15/h1-2,5,10,13-16H,3-4,6-7H2/t10-/m1/s1. The van der Waals surface area contributed by atoms with Crippen LogP contribution in [0.15, 0.2) is 18.2 Å². The molecule has 0 fully saturated rings. The van der Waals surface area contributed by atoms with Crippen molar-refractivity contribution in [2.45, 2.75) is 19.1 Å². The van der Waals surface area contributed by atoms with Crippen LogP contribution in [-0.2, 0) is 6.61 Å². The second-order valence-electron chi connectivity index (χ2n) is 3.51. The maximum absolute atomic E-state index is 12.9. The highest BCUT2D eigenvalue weighted by Crippen LogP contribution is 2.17. The van der Waals surface area contributed by atoms with Crippen LogP contribution in [0.2, 0.25) is 0 Å². The van der Waals surface area contributed by atoms with Crippen LogP contribution in [-0.4, -0.2) is 34.6 Å². The van der Waals surface area contributed by atoms with Crippen molar-refractivity contribution in [1.82, 2.24) is 0 Å². The summed E-state index contributed by atoms with van der Waals surface area (Å²) < 4.78 is 12.9. The van der Waals surface area contributed by atoms with Gasteiger partial charge in [-0.1, -0.05) is 6.07 Å². The number of rotatable bonds is 6. The van der Waals surface area contributed by atoms with Crippen molar-refractivity contribution in [2.75, 3.05) is 18.5 Å². The first-order chi connectivity index (χ1) is 7.67. The first-order valence-corrected chi connectivity index (χ1v) is 5.09. The molecule has 4 N–H and O–H groups in total. The van der Waals surface area contributed by atoms with E-state index < -0.39 is 6.10 Å². The minimum absolute atomic E-state index is 0.175. The smallest absolute Gasteiger partial charge is 0.125 e. The molecule has 0 aliphatic rings. The molecule has 0 aliphatic heterocycles. The topological polar surface area (TPSA) is 72.7 Å². The molecular weight excluding hydrogens is 213 g/mol. The molecule has 0 saturated carbocycles. The largest absolute Gasteiger partial charge is 0.394 e. The van der Waals surface area contributed by atoms with Crippen LogP contribution in [0.1, 0.15) is 12.0 Å². The van der Waals surface area contributed by atoms with Crippen molar-refractivity contribution in [3.05, 3.63) is 29.6 Å². The fraction of sp³-hybridized carbons (Fsp3) is 0.455. The lowest BCUT2D eigenvalue weighted by atomic mass is 10.1. The summed E-state index contributed by atoms with van der Waals surface area (Å²) in [6.07, 6.45) is -0.420. The number of aliphatic hydroxyl groups excluding tert-OH is 3. The molecule has 0 aromatic heterocycles. The van der Waals surface area contributed by atoms with Gasteiger partial charge in [0.2, 0.25) is 0 Å². The summed E-state index contributed by atoms with van der Waals surface area (Å²) in [4.78, 5) is 0. The number of aliphatic hydroxyl groups is 3. The third kappa shape index (κ3) is 3.77. The van der Waals surface area contributed by atoms with E-state index in [-0.39, 0.29) is 19.0 Å². The van der Waals surface area contributed by atoms with E-state index >= 15 is 0 Å². The van der Waals surface area contributed by atoms with Crippen molar-refractivity contribution in [1.29, 1.82) is 0 Å². The SMILES string of the molecule is OCc1ccc(F)cc1NCC[C@@H](O)CO. The highest BCUT2D eigenvalue weighted by atomic mass is 19.1. The average Bonchev–Trinajstić information content (AvgIpc) is 2.29. The zero-order chi connectivity index (χ0) is 12.0. The van der Waals surface area contributed by atoms with Crippen LogP contribution in [0.5, 0.6) is 0 Å². The molecule has 0 saturated heterocycles. The van der Waals surface area contributed by atoms with Gasteiger partial charge in [0.1, 0.15) is 5.82 Å². The molecule has 0 aliphatic carbocycles. The summed E-state index contributed by atoms with van der Waals surface area (Å²) in [6.45, 7) is -0.0684. The molecule has 1 rings (SSSR count). The number of hydrogen-bond acceptors (Lipinski definition) is 4. The first kappa shape index (κ1) is 12.9. The quantitative estimate of drug-likeness (QED) is 0.572. The molecule has 0 spiro atoms. The molecule has 0 amide bonds. The van der Waals surface area contributed by atoms with Gasteiger partial charge in [-0.05, 0) is 18.6 Å². The molecule has 1 aromatic carbocycles. The minimum Gasteiger partial charge on any atom is -0.394 e. The molecule has 1 atom stereocenters. The highest BCUT2D eigenvalue weighted by molar-refractivity contribution is 5.51. The van der Waals surface area contributed by atoms with Crippen LogP contribution in [0, 0.1) is 5.82 Å². The third-order valence-corrected chi connectivity index (χ3v) is 2.25. The zero-order valence-electron chi connectivity index (χ0n) is 8.86. The van der Waals surface area contributed by atoms with Crippen molar-refractivity contribution < 1.29 is 19.7 Å². The Kier molecular flexibility index (Phi) is 5.18. The summed E-state index contributed by atoms with van der Waals surface area (Å²) in [5, 5.41) is 29.6. The van der Waals surface area contributed by atoms with E-state index in [0.29, 0.717) is 24.2 Å². The van der Waals surface area contributed by atoms with E-state index in [0.717, 1.165) is 0 Å². The van der Waals surface area contributed by atoms with Gasteiger partial charge >= 0.3 is 0 Å². The molecule has 4 nitrogen and oxygen atoms in total. The Balaban J connectivity index is 2.55. The summed E-state index contributed by atoms with van der Waals surface area (Å²) in [6, 6.07) is 4.07. The Morgan fingerprint density at radius 3 is 2.69 bits per heavy atom. The summed E-state index contributed by atoms with van der Waals surface area (Å²) in [7, 11) is 0. The molecule has 0 bridgehead atoms. The van der Waals surface area contributed by atoms with E-state index in [2.05, 4.69) is 5.32 Å². The van der Waals surface area contributed by atoms with E-state index in [1.54, 1.807) is 0 Å². The Labute approximate surface area is 93.4 Å². The predicted molar refractivity (Wildman–Crippen MR) is 58.5 cm³/mol. The highest BCUT2D eigenvalue weighted by Gasteiger charge is 2.05. The fourth-order valence-corrected chi connectivity index (χ4v) is 1.32. The molecule has 5 heteroatoms. The Morgan fingerprint density at radius 2 is 2.06 bits per heavy atom. The zero-order valence-corrected chi connectivity index (χ0v) is 8.86. The van der Waals surface area contributed by atoms with Gasteiger partial charge < -0.3 is 20.6 Å². The van der Waals surface area contributed by atoms with Gasteiger partial charge in [-0.2, -0.15) is 0 Å². The lowest BCUT2D eigenvalue weighted by Crippen LogP contribution is -2.17. The minimum atomic E-state index is -0.779. The van der Waals surface area contributed by atoms with Crippen LogP contribution in [0.25, 0.3) is 0 Å². The summed E-state index contributed by atoms with van der Waals surface area (Å²) in [5.41, 5.74) is 1.10. The number of halogens is 1.